The lowest BCUT2D eigenvalue weighted by atomic mass is 10.2. The van der Waals surface area contributed by atoms with Gasteiger partial charge < -0.3 is 21.2 Å². The molecule has 0 saturated carbocycles. The molecular weight excluding hydrogens is 292 g/mol. The van der Waals surface area contributed by atoms with Gasteiger partial charge in [0.25, 0.3) is 0 Å². The van der Waals surface area contributed by atoms with Crippen LogP contribution in [-0.4, -0.2) is 27.0 Å². The fourth-order valence-electron chi connectivity index (χ4n) is 2.71. The Kier molecular flexibility index (Phi) is 2.80. The number of H-pyrrole nitrogens is 1. The first-order chi connectivity index (χ1) is 11.2. The van der Waals surface area contributed by atoms with Gasteiger partial charge in [-0.05, 0) is 24.3 Å². The number of para-hydroxylation sites is 1. The number of aromatic nitrogens is 4. The van der Waals surface area contributed by atoms with Gasteiger partial charge in [-0.1, -0.05) is 12.1 Å². The van der Waals surface area contributed by atoms with Crippen LogP contribution in [0.2, 0.25) is 0 Å². The van der Waals surface area contributed by atoms with Crippen LogP contribution in [0.15, 0.2) is 36.4 Å². The maximum atomic E-state index is 6.02. The summed E-state index contributed by atoms with van der Waals surface area (Å²) in [5, 5.41) is 0.689. The van der Waals surface area contributed by atoms with Crippen molar-refractivity contribution < 1.29 is 4.74 Å². The van der Waals surface area contributed by atoms with E-state index in [-0.39, 0.29) is 5.95 Å². The molecule has 4 aromatic rings. The van der Waals surface area contributed by atoms with Gasteiger partial charge in [0.05, 0.1) is 29.1 Å². The van der Waals surface area contributed by atoms with Crippen LogP contribution < -0.4 is 16.2 Å². The molecule has 5 N–H and O–H groups in total. The van der Waals surface area contributed by atoms with Gasteiger partial charge in [-0.25, -0.2) is 9.97 Å². The molecule has 0 amide bonds. The van der Waals surface area contributed by atoms with Gasteiger partial charge in [0.15, 0.2) is 0 Å². The smallest absolute Gasteiger partial charge is 0.222 e. The third-order valence-electron chi connectivity index (χ3n) is 3.72. The SMILES string of the molecule is COc1ccccc1-c1nc2c(ccc3nc(N)nc(N)c32)[nH]1. The zero-order valence-electron chi connectivity index (χ0n) is 12.4. The standard InChI is InChI=1S/C16H14N6O/c1-23-11-5-3-2-4-8(11)15-19-10-7-6-9-12(13(10)21-15)14(17)22-16(18)20-9/h2-7H,1H3,(H,19,21)(H4,17,18,20,22). The predicted molar refractivity (Wildman–Crippen MR) is 90.0 cm³/mol. The monoisotopic (exact) mass is 306 g/mol. The number of fused-ring (bicyclic) bond motifs is 3. The number of anilines is 2. The lowest BCUT2D eigenvalue weighted by Gasteiger charge is -2.04. The van der Waals surface area contributed by atoms with Crippen molar-refractivity contribution in [1.29, 1.82) is 0 Å². The first-order valence-electron chi connectivity index (χ1n) is 7.02. The minimum absolute atomic E-state index is 0.148. The normalized spacial score (nSPS) is 11.2. The van der Waals surface area contributed by atoms with E-state index in [0.29, 0.717) is 28.1 Å². The quantitative estimate of drug-likeness (QED) is 0.523. The lowest BCUT2D eigenvalue weighted by molar-refractivity contribution is 0.416. The molecule has 0 aliphatic carbocycles. The number of hydrogen-bond donors (Lipinski definition) is 3. The van der Waals surface area contributed by atoms with Gasteiger partial charge in [-0.15, -0.1) is 0 Å². The van der Waals surface area contributed by atoms with Crippen molar-refractivity contribution in [2.45, 2.75) is 0 Å². The van der Waals surface area contributed by atoms with E-state index in [2.05, 4.69) is 19.9 Å². The molecule has 2 aromatic carbocycles. The highest BCUT2D eigenvalue weighted by Gasteiger charge is 2.14. The van der Waals surface area contributed by atoms with Crippen molar-refractivity contribution in [3.63, 3.8) is 0 Å². The van der Waals surface area contributed by atoms with Crippen LogP contribution in [0.3, 0.4) is 0 Å². The van der Waals surface area contributed by atoms with Crippen molar-refractivity contribution in [2.75, 3.05) is 18.6 Å². The van der Waals surface area contributed by atoms with Crippen molar-refractivity contribution in [3.8, 4) is 17.1 Å². The Bertz CT molecular complexity index is 1040. The van der Waals surface area contributed by atoms with E-state index < -0.39 is 0 Å². The number of methoxy groups -OCH3 is 1. The zero-order valence-corrected chi connectivity index (χ0v) is 12.4. The third-order valence-corrected chi connectivity index (χ3v) is 3.72. The highest BCUT2D eigenvalue weighted by atomic mass is 16.5. The van der Waals surface area contributed by atoms with Crippen LogP contribution in [-0.2, 0) is 0 Å². The summed E-state index contributed by atoms with van der Waals surface area (Å²) in [6.45, 7) is 0. The molecule has 0 saturated heterocycles. The van der Waals surface area contributed by atoms with E-state index in [0.717, 1.165) is 16.8 Å². The summed E-state index contributed by atoms with van der Waals surface area (Å²) in [4.78, 5) is 16.2. The average molecular weight is 306 g/mol. The topological polar surface area (TPSA) is 116 Å². The van der Waals surface area contributed by atoms with Crippen molar-refractivity contribution in [1.82, 2.24) is 19.9 Å². The summed E-state index contributed by atoms with van der Waals surface area (Å²) in [5.41, 5.74) is 14.8. The largest absolute Gasteiger partial charge is 0.496 e. The molecule has 4 rings (SSSR count). The average Bonchev–Trinajstić information content (AvgIpc) is 2.98. The minimum Gasteiger partial charge on any atom is -0.496 e. The molecule has 0 spiro atoms. The summed E-state index contributed by atoms with van der Waals surface area (Å²) in [6.07, 6.45) is 0. The van der Waals surface area contributed by atoms with E-state index in [1.54, 1.807) is 7.11 Å². The number of nitrogens with one attached hydrogen (secondary N) is 1. The van der Waals surface area contributed by atoms with Crippen LogP contribution >= 0.6 is 0 Å². The molecule has 2 heterocycles. The Hall–Kier alpha value is -3.35. The molecule has 7 heteroatoms. The van der Waals surface area contributed by atoms with Gasteiger partial charge in [0.2, 0.25) is 5.95 Å². The van der Waals surface area contributed by atoms with Crippen molar-refractivity contribution >= 4 is 33.7 Å². The Morgan fingerprint density at radius 1 is 1.00 bits per heavy atom. The van der Waals surface area contributed by atoms with E-state index in [9.17, 15) is 0 Å². The van der Waals surface area contributed by atoms with Crippen LogP contribution in [0.5, 0.6) is 5.75 Å². The molecule has 114 valence electrons. The van der Waals surface area contributed by atoms with Crippen LogP contribution in [0.25, 0.3) is 33.3 Å². The number of ether oxygens (including phenoxy) is 1. The first-order valence-corrected chi connectivity index (χ1v) is 7.02. The number of nitrogens with two attached hydrogens (primary N) is 2. The van der Waals surface area contributed by atoms with Crippen molar-refractivity contribution in [3.05, 3.63) is 36.4 Å². The van der Waals surface area contributed by atoms with Gasteiger partial charge in [-0.2, -0.15) is 4.98 Å². The lowest BCUT2D eigenvalue weighted by Crippen LogP contribution is -2.00. The predicted octanol–water partition coefficient (Wildman–Crippen LogP) is 2.35. The molecule has 0 fully saturated rings. The van der Waals surface area contributed by atoms with Crippen molar-refractivity contribution in [2.24, 2.45) is 0 Å². The molecule has 0 radical (unpaired) electrons. The first kappa shape index (κ1) is 13.3. The number of imidazole rings is 1. The fourth-order valence-corrected chi connectivity index (χ4v) is 2.71. The number of rotatable bonds is 2. The second-order valence-electron chi connectivity index (χ2n) is 5.11. The van der Waals surface area contributed by atoms with Gasteiger partial charge in [0.1, 0.15) is 22.9 Å². The summed E-state index contributed by atoms with van der Waals surface area (Å²) in [5.74, 6) is 1.90. The van der Waals surface area contributed by atoms with Gasteiger partial charge in [0, 0.05) is 0 Å². The Morgan fingerprint density at radius 2 is 1.83 bits per heavy atom. The van der Waals surface area contributed by atoms with E-state index in [1.807, 2.05) is 36.4 Å². The number of nitrogen functional groups attached to an aromatic ring is 2. The minimum atomic E-state index is 0.148. The number of aromatic amines is 1. The maximum absolute atomic E-state index is 6.02. The molecule has 0 aliphatic heterocycles. The van der Waals surface area contributed by atoms with Crippen LogP contribution in [0, 0.1) is 0 Å². The molecule has 0 bridgehead atoms. The van der Waals surface area contributed by atoms with Gasteiger partial charge in [-0.3, -0.25) is 0 Å². The molecule has 23 heavy (non-hydrogen) atoms. The number of hydrogen-bond acceptors (Lipinski definition) is 6. The molecule has 7 nitrogen and oxygen atoms in total. The Labute approximate surface area is 131 Å². The number of nitrogens with zero attached hydrogens (tertiary/aromatic N) is 3. The molecule has 0 atom stereocenters. The van der Waals surface area contributed by atoms with E-state index in [1.165, 1.54) is 0 Å². The second-order valence-corrected chi connectivity index (χ2v) is 5.11. The summed E-state index contributed by atoms with van der Waals surface area (Å²) in [7, 11) is 1.63. The number of benzene rings is 2. The second kappa shape index (κ2) is 4.84. The molecule has 0 unspecified atom stereocenters. The summed E-state index contributed by atoms with van der Waals surface area (Å²) in [6, 6.07) is 11.4. The molecule has 0 aliphatic rings. The summed E-state index contributed by atoms with van der Waals surface area (Å²) < 4.78 is 5.40. The highest BCUT2D eigenvalue weighted by molar-refractivity contribution is 6.08. The Morgan fingerprint density at radius 3 is 2.65 bits per heavy atom. The Balaban J connectivity index is 2.03. The summed E-state index contributed by atoms with van der Waals surface area (Å²) >= 11 is 0. The fraction of sp³-hybridized carbons (Fsp3) is 0.0625. The zero-order chi connectivity index (χ0) is 16.0. The van der Waals surface area contributed by atoms with Crippen LogP contribution in [0.1, 0.15) is 0 Å². The molecule has 2 aromatic heterocycles. The maximum Gasteiger partial charge on any atom is 0.222 e. The van der Waals surface area contributed by atoms with E-state index in [4.69, 9.17) is 16.2 Å². The third kappa shape index (κ3) is 2.02. The highest BCUT2D eigenvalue weighted by Crippen LogP contribution is 2.32. The van der Waals surface area contributed by atoms with Gasteiger partial charge >= 0.3 is 0 Å². The van der Waals surface area contributed by atoms with E-state index >= 15 is 0 Å². The van der Waals surface area contributed by atoms with Crippen LogP contribution in [0.4, 0.5) is 11.8 Å². The molecular formula is C16H14N6O.